The molecular weight excluding hydrogens is 528 g/mol. The van der Waals surface area contributed by atoms with E-state index in [9.17, 15) is 18.3 Å². The number of aromatic nitrogens is 1. The Bertz CT molecular complexity index is 1570. The third-order valence-corrected chi connectivity index (χ3v) is 7.18. The van der Waals surface area contributed by atoms with Crippen molar-refractivity contribution in [3.63, 3.8) is 0 Å². The summed E-state index contributed by atoms with van der Waals surface area (Å²) in [7, 11) is -2.13. The lowest BCUT2D eigenvalue weighted by Gasteiger charge is -2.23. The number of halogens is 1. The van der Waals surface area contributed by atoms with Crippen molar-refractivity contribution < 1.29 is 27.8 Å². The fourth-order valence-corrected chi connectivity index (χ4v) is 4.89. The van der Waals surface area contributed by atoms with E-state index in [2.05, 4.69) is 10.3 Å². The van der Waals surface area contributed by atoms with Crippen LogP contribution in [0.3, 0.4) is 0 Å². The molecule has 0 spiro atoms. The summed E-state index contributed by atoms with van der Waals surface area (Å²) in [5.41, 5.74) is 3.08. The molecule has 0 fully saturated rings. The molecule has 4 aromatic rings. The summed E-state index contributed by atoms with van der Waals surface area (Å²) in [4.78, 5) is 17.3. The molecule has 4 rings (SSSR count). The number of aromatic amines is 1. The van der Waals surface area contributed by atoms with Gasteiger partial charge < -0.3 is 24.9 Å². The maximum Gasteiger partial charge on any atom is 0.191 e. The molecule has 1 atom stereocenters. The van der Waals surface area contributed by atoms with Crippen LogP contribution in [0.15, 0.2) is 65.7 Å². The zero-order chi connectivity index (χ0) is 26.7. The molecule has 10 heteroatoms. The Morgan fingerprint density at radius 2 is 1.89 bits per heavy atom. The predicted molar refractivity (Wildman–Crippen MR) is 151 cm³/mol. The van der Waals surface area contributed by atoms with Gasteiger partial charge in [-0.05, 0) is 43.3 Å². The molecule has 0 aliphatic heterocycles. The number of ether oxygens (including phenoxy) is 2. The van der Waals surface area contributed by atoms with Gasteiger partial charge in [0.05, 0.1) is 18.6 Å². The van der Waals surface area contributed by atoms with Crippen LogP contribution in [0.5, 0.6) is 11.5 Å². The lowest BCUT2D eigenvalue weighted by Crippen LogP contribution is -2.22. The number of fused-ring (bicyclic) bond motifs is 1. The second-order valence-corrected chi connectivity index (χ2v) is 11.1. The SMILES string of the molecule is C.COc1cc(NC(C(=O)c2c[nH]c3ccc(C)cc23)c2ccc(Cl)cc2OCCO)cc(S(C)(=O)=O)c1. The van der Waals surface area contributed by atoms with Gasteiger partial charge in [-0.15, -0.1) is 0 Å². The average Bonchev–Trinajstić information content (AvgIpc) is 3.28. The Morgan fingerprint density at radius 1 is 1.13 bits per heavy atom. The van der Waals surface area contributed by atoms with Gasteiger partial charge in [0.1, 0.15) is 24.1 Å². The highest BCUT2D eigenvalue weighted by molar-refractivity contribution is 7.90. The third kappa shape index (κ3) is 6.30. The number of carbonyl (C=O) groups excluding carboxylic acids is 1. The molecule has 38 heavy (non-hydrogen) atoms. The van der Waals surface area contributed by atoms with Crippen molar-refractivity contribution in [3.8, 4) is 11.5 Å². The number of ketones is 1. The summed E-state index contributed by atoms with van der Waals surface area (Å²) in [5.74, 6) is 0.346. The first-order valence-corrected chi connectivity index (χ1v) is 13.7. The summed E-state index contributed by atoms with van der Waals surface area (Å²) >= 11 is 6.21. The number of rotatable bonds is 10. The third-order valence-electron chi connectivity index (χ3n) is 5.86. The van der Waals surface area contributed by atoms with Crippen molar-refractivity contribution in [2.45, 2.75) is 25.3 Å². The van der Waals surface area contributed by atoms with Crippen LogP contribution in [0.1, 0.15) is 35.0 Å². The van der Waals surface area contributed by atoms with Crippen molar-refractivity contribution in [2.75, 3.05) is 31.9 Å². The first kappa shape index (κ1) is 29.0. The number of hydrogen-bond donors (Lipinski definition) is 3. The number of anilines is 1. The van der Waals surface area contributed by atoms with Crippen molar-refractivity contribution in [2.24, 2.45) is 0 Å². The standard InChI is InChI=1S/C27H27ClN2O6S.CH4/c1-16-4-7-24-22(10-16)23(15-29-24)27(32)26(21-6-5-17(28)11-25(21)36-9-8-31)30-18-12-19(35-2)14-20(13-18)37(3,33)34;/h4-7,10-15,26,29-31H,8-9H2,1-3H3;1H4. The number of sulfone groups is 1. The van der Waals surface area contributed by atoms with E-state index in [1.54, 1.807) is 30.5 Å². The van der Waals surface area contributed by atoms with E-state index < -0.39 is 15.9 Å². The molecule has 202 valence electrons. The molecule has 8 nitrogen and oxygen atoms in total. The first-order chi connectivity index (χ1) is 17.6. The van der Waals surface area contributed by atoms with Crippen molar-refractivity contribution in [1.82, 2.24) is 4.98 Å². The second-order valence-electron chi connectivity index (χ2n) is 8.62. The number of aliphatic hydroxyl groups is 1. The van der Waals surface area contributed by atoms with Gasteiger partial charge in [-0.1, -0.05) is 36.7 Å². The number of carbonyl (C=O) groups is 1. The molecule has 0 bridgehead atoms. The number of methoxy groups -OCH3 is 1. The van der Waals surface area contributed by atoms with Crippen LogP contribution in [0.2, 0.25) is 5.02 Å². The van der Waals surface area contributed by atoms with Crippen LogP contribution in [-0.2, 0) is 9.84 Å². The zero-order valence-electron chi connectivity index (χ0n) is 20.5. The Balaban J connectivity index is 0.00000400. The van der Waals surface area contributed by atoms with Gasteiger partial charge in [-0.2, -0.15) is 0 Å². The van der Waals surface area contributed by atoms with Crippen LogP contribution in [-0.4, -0.2) is 50.9 Å². The van der Waals surface area contributed by atoms with E-state index >= 15 is 0 Å². The molecule has 0 aliphatic carbocycles. The Hall–Kier alpha value is -3.53. The van der Waals surface area contributed by atoms with Gasteiger partial charge in [0.15, 0.2) is 15.6 Å². The number of H-pyrrole nitrogens is 1. The maximum atomic E-state index is 14.1. The largest absolute Gasteiger partial charge is 0.497 e. The molecule has 1 unspecified atom stereocenters. The minimum absolute atomic E-state index is 0. The van der Waals surface area contributed by atoms with Gasteiger partial charge in [0.25, 0.3) is 0 Å². The van der Waals surface area contributed by atoms with E-state index in [1.807, 2.05) is 25.1 Å². The van der Waals surface area contributed by atoms with Gasteiger partial charge in [0, 0.05) is 51.3 Å². The van der Waals surface area contributed by atoms with Crippen molar-refractivity contribution >= 4 is 43.8 Å². The smallest absolute Gasteiger partial charge is 0.191 e. The Morgan fingerprint density at radius 3 is 2.58 bits per heavy atom. The van der Waals surface area contributed by atoms with E-state index in [4.69, 9.17) is 21.1 Å². The Kier molecular flexibility index (Phi) is 9.09. The molecule has 1 aromatic heterocycles. The average molecular weight is 559 g/mol. The van der Waals surface area contributed by atoms with E-state index in [1.165, 1.54) is 19.2 Å². The quantitative estimate of drug-likeness (QED) is 0.217. The molecule has 0 amide bonds. The Labute approximate surface area is 227 Å². The molecule has 3 N–H and O–H groups in total. The van der Waals surface area contributed by atoms with E-state index in [0.717, 1.165) is 22.7 Å². The first-order valence-electron chi connectivity index (χ1n) is 11.4. The molecule has 0 saturated heterocycles. The summed E-state index contributed by atoms with van der Waals surface area (Å²) in [6.45, 7) is 1.71. The monoisotopic (exact) mass is 558 g/mol. The summed E-state index contributed by atoms with van der Waals surface area (Å²) < 4.78 is 35.6. The minimum atomic E-state index is -3.56. The number of aliphatic hydroxyl groups excluding tert-OH is 1. The van der Waals surface area contributed by atoms with Crippen LogP contribution in [0.4, 0.5) is 5.69 Å². The normalized spacial score (nSPS) is 12.0. The number of nitrogens with one attached hydrogen (secondary N) is 2. The lowest BCUT2D eigenvalue weighted by atomic mass is 9.95. The summed E-state index contributed by atoms with van der Waals surface area (Å²) in [6.07, 6.45) is 2.75. The van der Waals surface area contributed by atoms with Crippen LogP contribution >= 0.6 is 11.6 Å². The topological polar surface area (TPSA) is 118 Å². The molecule has 0 radical (unpaired) electrons. The van der Waals surface area contributed by atoms with E-state index in [-0.39, 0.29) is 31.3 Å². The number of aryl methyl sites for hydroxylation is 1. The van der Waals surface area contributed by atoms with Crippen LogP contribution in [0.25, 0.3) is 10.9 Å². The van der Waals surface area contributed by atoms with Gasteiger partial charge in [-0.25, -0.2) is 8.42 Å². The van der Waals surface area contributed by atoms with Crippen LogP contribution in [0, 0.1) is 6.92 Å². The second kappa shape index (κ2) is 11.9. The predicted octanol–water partition coefficient (Wildman–Crippen LogP) is 5.59. The molecular formula is C28H31ClN2O6S. The fraction of sp³-hybridized carbons (Fsp3) is 0.250. The van der Waals surface area contributed by atoms with Gasteiger partial charge in [0.2, 0.25) is 0 Å². The highest BCUT2D eigenvalue weighted by atomic mass is 35.5. The number of Topliss-reactive ketones (excluding diaryl/α,β-unsaturated/α-hetero) is 1. The summed E-state index contributed by atoms with van der Waals surface area (Å²) in [5, 5.41) is 13.7. The zero-order valence-corrected chi connectivity index (χ0v) is 22.1. The van der Waals surface area contributed by atoms with Crippen molar-refractivity contribution in [3.05, 3.63) is 82.5 Å². The maximum absolute atomic E-state index is 14.1. The lowest BCUT2D eigenvalue weighted by molar-refractivity contribution is 0.0969. The number of hydrogen-bond acceptors (Lipinski definition) is 7. The minimum Gasteiger partial charge on any atom is -0.497 e. The van der Waals surface area contributed by atoms with Gasteiger partial charge in [-0.3, -0.25) is 4.79 Å². The summed E-state index contributed by atoms with van der Waals surface area (Å²) in [6, 6.07) is 14.1. The molecule has 3 aromatic carbocycles. The fourth-order valence-electron chi connectivity index (χ4n) is 4.06. The molecule has 0 aliphatic rings. The highest BCUT2D eigenvalue weighted by Gasteiger charge is 2.28. The number of benzene rings is 3. The highest BCUT2D eigenvalue weighted by Crippen LogP contribution is 2.36. The van der Waals surface area contributed by atoms with Gasteiger partial charge >= 0.3 is 0 Å². The van der Waals surface area contributed by atoms with E-state index in [0.29, 0.717) is 33.3 Å². The van der Waals surface area contributed by atoms with Crippen molar-refractivity contribution in [1.29, 1.82) is 0 Å². The van der Waals surface area contributed by atoms with Crippen LogP contribution < -0.4 is 14.8 Å². The molecule has 0 saturated carbocycles. The molecule has 1 heterocycles.